The Labute approximate surface area is 203 Å². The van der Waals surface area contributed by atoms with Crippen LogP contribution < -0.4 is 24.7 Å². The van der Waals surface area contributed by atoms with Crippen molar-refractivity contribution in [1.82, 2.24) is 0 Å². The highest BCUT2D eigenvalue weighted by molar-refractivity contribution is 6.04. The van der Waals surface area contributed by atoms with Crippen LogP contribution in [-0.2, 0) is 0 Å². The number of nitrogen functional groups attached to an aromatic ring is 1. The van der Waals surface area contributed by atoms with Gasteiger partial charge in [-0.1, -0.05) is 12.2 Å². The number of aliphatic imine (C=N–C) groups is 1. The van der Waals surface area contributed by atoms with Crippen LogP contribution >= 0.6 is 0 Å². The Hall–Kier alpha value is -4.33. The van der Waals surface area contributed by atoms with E-state index in [4.69, 9.17) is 24.7 Å². The second-order valence-electron chi connectivity index (χ2n) is 7.41. The maximum absolute atomic E-state index is 14.7. The predicted molar refractivity (Wildman–Crippen MR) is 136 cm³/mol. The molecule has 2 N–H and O–H groups in total. The number of ether oxygens (including phenoxy) is 4. The van der Waals surface area contributed by atoms with Gasteiger partial charge in [0.15, 0.2) is 28.8 Å². The number of nitrogens with zero attached hydrogens (tertiary/aromatic N) is 1. The van der Waals surface area contributed by atoms with Gasteiger partial charge in [0.25, 0.3) is 0 Å². The molecule has 3 rings (SSSR count). The molecule has 0 saturated carbocycles. The minimum absolute atomic E-state index is 0.00822. The molecule has 0 aliphatic rings. The van der Waals surface area contributed by atoms with E-state index in [1.807, 2.05) is 0 Å². The average Bonchev–Trinajstić information content (AvgIpc) is 2.86. The zero-order valence-corrected chi connectivity index (χ0v) is 20.0. The molecule has 0 aliphatic carbocycles. The first kappa shape index (κ1) is 25.3. The molecule has 0 spiro atoms. The normalized spacial score (nSPS) is 11.1. The molecule has 0 heterocycles. The lowest BCUT2D eigenvalue weighted by molar-refractivity contribution is 0.100. The lowest BCUT2D eigenvalue weighted by Crippen LogP contribution is -1.99. The van der Waals surface area contributed by atoms with Gasteiger partial charge in [0, 0.05) is 23.9 Å². The third-order valence-corrected chi connectivity index (χ3v) is 5.15. The molecule has 0 unspecified atom stereocenters. The van der Waals surface area contributed by atoms with Crippen molar-refractivity contribution in [3.8, 4) is 23.0 Å². The largest absolute Gasteiger partial charge is 0.493 e. The second-order valence-corrected chi connectivity index (χ2v) is 7.41. The molecule has 3 aromatic rings. The van der Waals surface area contributed by atoms with Gasteiger partial charge in [0.2, 0.25) is 5.75 Å². The van der Waals surface area contributed by atoms with Crippen molar-refractivity contribution in [2.24, 2.45) is 4.99 Å². The van der Waals surface area contributed by atoms with Crippen LogP contribution in [0.1, 0.15) is 27.9 Å². The lowest BCUT2D eigenvalue weighted by atomic mass is 10.1. The Kier molecular flexibility index (Phi) is 8.45. The monoisotopic (exact) mass is 478 g/mol. The number of nitrogens with two attached hydrogens (primary N) is 1. The summed E-state index contributed by atoms with van der Waals surface area (Å²) in [4.78, 5) is 16.7. The van der Waals surface area contributed by atoms with Crippen molar-refractivity contribution in [2.45, 2.75) is 6.42 Å². The van der Waals surface area contributed by atoms with Crippen molar-refractivity contribution in [3.05, 3.63) is 71.0 Å². The number of anilines is 1. The van der Waals surface area contributed by atoms with E-state index in [0.29, 0.717) is 34.1 Å². The van der Waals surface area contributed by atoms with Crippen LogP contribution in [0.4, 0.5) is 15.8 Å². The van der Waals surface area contributed by atoms with Crippen LogP contribution in [0.2, 0.25) is 0 Å². The van der Waals surface area contributed by atoms with Crippen molar-refractivity contribution in [1.29, 1.82) is 0 Å². The number of benzene rings is 3. The van der Waals surface area contributed by atoms with E-state index < -0.39 is 5.82 Å². The van der Waals surface area contributed by atoms with E-state index in [-0.39, 0.29) is 23.6 Å². The first-order valence-electron chi connectivity index (χ1n) is 10.7. The van der Waals surface area contributed by atoms with Crippen LogP contribution in [0.25, 0.3) is 12.2 Å². The van der Waals surface area contributed by atoms with Gasteiger partial charge < -0.3 is 24.7 Å². The maximum atomic E-state index is 14.7. The zero-order valence-electron chi connectivity index (χ0n) is 20.0. The quantitative estimate of drug-likeness (QED) is 0.177. The standard InChI is InChI=1S/C27H27FN2O5/c1-32-24-15-18(16-25(33-2)27(24)35-4)6-5-17-13-21(28)26(34-3)22(14-17)30-12-11-23(31)19-7-9-20(29)10-8-19/h5-10,12-16H,11,29H2,1-4H3/b6-5-,30-12?. The maximum Gasteiger partial charge on any atom is 0.203 e. The van der Waals surface area contributed by atoms with Crippen molar-refractivity contribution < 1.29 is 28.1 Å². The van der Waals surface area contributed by atoms with Gasteiger partial charge in [0.05, 0.1) is 28.4 Å². The minimum Gasteiger partial charge on any atom is -0.493 e. The minimum atomic E-state index is -0.573. The number of rotatable bonds is 10. The summed E-state index contributed by atoms with van der Waals surface area (Å²) in [5.41, 5.74) is 8.33. The molecule has 0 saturated heterocycles. The van der Waals surface area contributed by atoms with Crippen molar-refractivity contribution >= 4 is 35.5 Å². The number of hydrogen-bond acceptors (Lipinski definition) is 7. The fourth-order valence-corrected chi connectivity index (χ4v) is 3.40. The van der Waals surface area contributed by atoms with Crippen LogP contribution in [-0.4, -0.2) is 40.4 Å². The fourth-order valence-electron chi connectivity index (χ4n) is 3.40. The molecule has 0 atom stereocenters. The molecule has 0 bridgehead atoms. The van der Waals surface area contributed by atoms with E-state index >= 15 is 0 Å². The highest BCUT2D eigenvalue weighted by Gasteiger charge is 2.13. The summed E-state index contributed by atoms with van der Waals surface area (Å²) < 4.78 is 36.0. The summed E-state index contributed by atoms with van der Waals surface area (Å²) >= 11 is 0. The summed E-state index contributed by atoms with van der Waals surface area (Å²) in [6, 6.07) is 13.2. The molecular weight excluding hydrogens is 451 g/mol. The topological polar surface area (TPSA) is 92.4 Å². The van der Waals surface area contributed by atoms with E-state index in [9.17, 15) is 9.18 Å². The molecule has 0 radical (unpaired) electrons. The molecule has 0 aliphatic heterocycles. The summed E-state index contributed by atoms with van der Waals surface area (Å²) in [6.07, 6.45) is 4.98. The second kappa shape index (κ2) is 11.7. The van der Waals surface area contributed by atoms with Crippen LogP contribution in [0.15, 0.2) is 53.5 Å². The number of carbonyl (C=O) groups excluding carboxylic acids is 1. The average molecular weight is 479 g/mol. The van der Waals surface area contributed by atoms with Crippen LogP contribution in [0.3, 0.4) is 0 Å². The van der Waals surface area contributed by atoms with E-state index in [1.54, 1.807) is 54.6 Å². The summed E-state index contributed by atoms with van der Waals surface area (Å²) in [6.45, 7) is 0. The third-order valence-electron chi connectivity index (χ3n) is 5.15. The SMILES string of the molecule is COc1cc(/C=C\c2cc(F)c(OC)c(N=CCC(=O)c3ccc(N)cc3)c2)cc(OC)c1OC. The van der Waals surface area contributed by atoms with Gasteiger partial charge in [-0.15, -0.1) is 0 Å². The number of methoxy groups -OCH3 is 4. The van der Waals surface area contributed by atoms with Crippen LogP contribution in [0, 0.1) is 5.82 Å². The number of halogens is 1. The Morgan fingerprint density at radius 1 is 0.857 bits per heavy atom. The molecule has 0 amide bonds. The first-order valence-corrected chi connectivity index (χ1v) is 10.7. The Morgan fingerprint density at radius 3 is 1.97 bits per heavy atom. The van der Waals surface area contributed by atoms with Gasteiger partial charge in [-0.2, -0.15) is 0 Å². The number of Topliss-reactive ketones (excluding diaryl/α,β-unsaturated/α-hetero) is 1. The highest BCUT2D eigenvalue weighted by Crippen LogP contribution is 2.39. The summed E-state index contributed by atoms with van der Waals surface area (Å²) in [5.74, 6) is 0.772. The van der Waals surface area contributed by atoms with E-state index in [2.05, 4.69) is 4.99 Å². The molecule has 0 aromatic heterocycles. The smallest absolute Gasteiger partial charge is 0.203 e. The molecule has 7 nitrogen and oxygen atoms in total. The van der Waals surface area contributed by atoms with Crippen molar-refractivity contribution in [3.63, 3.8) is 0 Å². The van der Waals surface area contributed by atoms with Gasteiger partial charge >= 0.3 is 0 Å². The lowest BCUT2D eigenvalue weighted by Gasteiger charge is -2.13. The molecular formula is C27H27FN2O5. The highest BCUT2D eigenvalue weighted by atomic mass is 19.1. The zero-order chi connectivity index (χ0) is 25.4. The van der Waals surface area contributed by atoms with Crippen molar-refractivity contribution in [2.75, 3.05) is 34.2 Å². The predicted octanol–water partition coefficient (Wildman–Crippen LogP) is 5.59. The van der Waals surface area contributed by atoms with Gasteiger partial charge in [-0.25, -0.2) is 4.39 Å². The number of carbonyl (C=O) groups is 1. The molecule has 8 heteroatoms. The summed E-state index contributed by atoms with van der Waals surface area (Å²) in [5, 5.41) is 0. The van der Waals surface area contributed by atoms with Gasteiger partial charge in [-0.3, -0.25) is 9.79 Å². The fraction of sp³-hybridized carbons (Fsp3) is 0.185. The number of hydrogen-bond donors (Lipinski definition) is 1. The Balaban J connectivity index is 1.85. The Bertz CT molecular complexity index is 1230. The van der Waals surface area contributed by atoms with Crippen LogP contribution in [0.5, 0.6) is 23.0 Å². The molecule has 3 aromatic carbocycles. The summed E-state index contributed by atoms with van der Waals surface area (Å²) in [7, 11) is 5.96. The first-order chi connectivity index (χ1) is 16.9. The third kappa shape index (κ3) is 6.17. The van der Waals surface area contributed by atoms with E-state index in [0.717, 1.165) is 5.56 Å². The Morgan fingerprint density at radius 2 is 1.43 bits per heavy atom. The van der Waals surface area contributed by atoms with Gasteiger partial charge in [-0.05, 0) is 59.7 Å². The van der Waals surface area contributed by atoms with Gasteiger partial charge in [0.1, 0.15) is 5.69 Å². The molecule has 0 fully saturated rings. The number of ketones is 1. The molecule has 182 valence electrons. The van der Waals surface area contributed by atoms with E-state index in [1.165, 1.54) is 40.7 Å². The molecule has 35 heavy (non-hydrogen) atoms.